The molecule has 1 atom stereocenters. The van der Waals surface area contributed by atoms with Gasteiger partial charge in [-0.25, -0.2) is 0 Å². The Labute approximate surface area is 109 Å². The number of hydrogen-bond donors (Lipinski definition) is 1. The fourth-order valence-corrected chi connectivity index (χ4v) is 2.10. The van der Waals surface area contributed by atoms with Gasteiger partial charge in [-0.1, -0.05) is 6.92 Å². The zero-order valence-electron chi connectivity index (χ0n) is 11.1. The molecule has 0 aliphatic carbocycles. The summed E-state index contributed by atoms with van der Waals surface area (Å²) >= 11 is 0. The maximum Gasteiger partial charge on any atom is 0.0364 e. The van der Waals surface area contributed by atoms with Gasteiger partial charge >= 0.3 is 0 Å². The van der Waals surface area contributed by atoms with Gasteiger partial charge in [-0.15, -0.1) is 0 Å². The molecule has 0 radical (unpaired) electrons. The minimum Gasteiger partial charge on any atom is -0.350 e. The first-order chi connectivity index (χ1) is 8.81. The van der Waals surface area contributed by atoms with E-state index in [-0.39, 0.29) is 0 Å². The van der Waals surface area contributed by atoms with E-state index in [9.17, 15) is 0 Å². The molecule has 96 valence electrons. The maximum atomic E-state index is 4.04. The van der Waals surface area contributed by atoms with Gasteiger partial charge in [0, 0.05) is 43.4 Å². The first-order valence-corrected chi connectivity index (χ1v) is 6.58. The highest BCUT2D eigenvalue weighted by Crippen LogP contribution is 2.12. The lowest BCUT2D eigenvalue weighted by molar-refractivity contribution is 0.541. The van der Waals surface area contributed by atoms with Crippen LogP contribution in [0.5, 0.6) is 0 Å². The number of nitrogens with zero attached hydrogens (tertiary/aromatic N) is 2. The molecule has 0 saturated heterocycles. The SMILES string of the molecule is CCCn1cccc1CNC(C)c1ccncc1. The van der Waals surface area contributed by atoms with Crippen LogP contribution in [0.4, 0.5) is 0 Å². The van der Waals surface area contributed by atoms with Crippen LogP contribution in [0.1, 0.15) is 37.6 Å². The largest absolute Gasteiger partial charge is 0.350 e. The highest BCUT2D eigenvalue weighted by atomic mass is 15.0. The fraction of sp³-hybridized carbons (Fsp3) is 0.400. The first-order valence-electron chi connectivity index (χ1n) is 6.58. The van der Waals surface area contributed by atoms with E-state index >= 15 is 0 Å². The summed E-state index contributed by atoms with van der Waals surface area (Å²) in [7, 11) is 0. The number of aromatic nitrogens is 2. The number of pyridine rings is 1. The predicted molar refractivity (Wildman–Crippen MR) is 74.2 cm³/mol. The van der Waals surface area contributed by atoms with Crippen LogP contribution in [0, 0.1) is 0 Å². The van der Waals surface area contributed by atoms with Gasteiger partial charge in [0.25, 0.3) is 0 Å². The van der Waals surface area contributed by atoms with E-state index in [0.717, 1.165) is 13.1 Å². The van der Waals surface area contributed by atoms with Gasteiger partial charge in [-0.05, 0) is 43.2 Å². The summed E-state index contributed by atoms with van der Waals surface area (Å²) < 4.78 is 2.31. The molecule has 2 heterocycles. The Bertz CT molecular complexity index is 462. The van der Waals surface area contributed by atoms with Crippen molar-refractivity contribution in [2.24, 2.45) is 0 Å². The third kappa shape index (κ3) is 3.20. The summed E-state index contributed by atoms with van der Waals surface area (Å²) in [5.74, 6) is 0. The lowest BCUT2D eigenvalue weighted by atomic mass is 10.1. The fourth-order valence-electron chi connectivity index (χ4n) is 2.10. The Kier molecular flexibility index (Phi) is 4.53. The Hall–Kier alpha value is -1.61. The van der Waals surface area contributed by atoms with Crippen LogP contribution in [0.25, 0.3) is 0 Å². The number of aryl methyl sites for hydroxylation is 1. The van der Waals surface area contributed by atoms with Gasteiger partial charge in [0.05, 0.1) is 0 Å². The monoisotopic (exact) mass is 243 g/mol. The molecule has 1 unspecified atom stereocenters. The van der Waals surface area contributed by atoms with E-state index in [1.54, 1.807) is 0 Å². The number of rotatable bonds is 6. The van der Waals surface area contributed by atoms with Crippen molar-refractivity contribution in [2.45, 2.75) is 39.4 Å². The minimum absolute atomic E-state index is 0.345. The van der Waals surface area contributed by atoms with Gasteiger partial charge in [-0.2, -0.15) is 0 Å². The van der Waals surface area contributed by atoms with E-state index in [1.807, 2.05) is 12.4 Å². The molecule has 3 nitrogen and oxygen atoms in total. The Balaban J connectivity index is 1.93. The molecule has 0 aliphatic heterocycles. The molecule has 0 bridgehead atoms. The lowest BCUT2D eigenvalue weighted by Crippen LogP contribution is -2.20. The standard InChI is InChI=1S/C15H21N3/c1-3-10-18-11-4-5-15(18)12-17-13(2)14-6-8-16-9-7-14/h4-9,11,13,17H,3,10,12H2,1-2H3. The van der Waals surface area contributed by atoms with Crippen LogP contribution in [-0.2, 0) is 13.1 Å². The molecule has 0 saturated carbocycles. The second-order valence-corrected chi connectivity index (χ2v) is 4.58. The van der Waals surface area contributed by atoms with Gasteiger partial charge in [0.15, 0.2) is 0 Å². The summed E-state index contributed by atoms with van der Waals surface area (Å²) in [6, 6.07) is 8.76. The molecule has 2 rings (SSSR count). The first kappa shape index (κ1) is 12.8. The Morgan fingerprint density at radius 2 is 2.06 bits per heavy atom. The molecule has 0 spiro atoms. The van der Waals surface area contributed by atoms with Crippen molar-refractivity contribution >= 4 is 0 Å². The van der Waals surface area contributed by atoms with Crippen LogP contribution >= 0.6 is 0 Å². The zero-order valence-corrected chi connectivity index (χ0v) is 11.1. The highest BCUT2D eigenvalue weighted by Gasteiger charge is 2.05. The van der Waals surface area contributed by atoms with E-state index < -0.39 is 0 Å². The van der Waals surface area contributed by atoms with Crippen LogP contribution < -0.4 is 5.32 Å². The molecule has 0 aromatic carbocycles. The number of hydrogen-bond acceptors (Lipinski definition) is 2. The van der Waals surface area contributed by atoms with Crippen LogP contribution in [0.2, 0.25) is 0 Å². The van der Waals surface area contributed by atoms with Gasteiger partial charge in [-0.3, -0.25) is 4.98 Å². The van der Waals surface area contributed by atoms with Crippen LogP contribution in [0.3, 0.4) is 0 Å². The number of nitrogens with one attached hydrogen (secondary N) is 1. The molecular weight excluding hydrogens is 222 g/mol. The molecule has 0 amide bonds. The molecular formula is C15H21N3. The van der Waals surface area contributed by atoms with E-state index in [0.29, 0.717) is 6.04 Å². The zero-order chi connectivity index (χ0) is 12.8. The normalized spacial score (nSPS) is 12.6. The molecule has 2 aromatic heterocycles. The van der Waals surface area contributed by atoms with Crippen LogP contribution in [-0.4, -0.2) is 9.55 Å². The minimum atomic E-state index is 0.345. The third-order valence-electron chi connectivity index (χ3n) is 3.18. The lowest BCUT2D eigenvalue weighted by Gasteiger charge is -2.15. The molecule has 0 fully saturated rings. The van der Waals surface area contributed by atoms with Crippen molar-refractivity contribution in [1.82, 2.24) is 14.9 Å². The second-order valence-electron chi connectivity index (χ2n) is 4.58. The topological polar surface area (TPSA) is 29.9 Å². The Morgan fingerprint density at radius 1 is 1.28 bits per heavy atom. The van der Waals surface area contributed by atoms with E-state index in [4.69, 9.17) is 0 Å². The summed E-state index contributed by atoms with van der Waals surface area (Å²) in [5, 5.41) is 3.55. The molecule has 3 heteroatoms. The van der Waals surface area contributed by atoms with E-state index in [1.165, 1.54) is 17.7 Å². The molecule has 0 aliphatic rings. The Morgan fingerprint density at radius 3 is 2.78 bits per heavy atom. The highest BCUT2D eigenvalue weighted by molar-refractivity contribution is 5.14. The van der Waals surface area contributed by atoms with Crippen molar-refractivity contribution in [3.63, 3.8) is 0 Å². The quantitative estimate of drug-likeness (QED) is 0.844. The summed E-state index contributed by atoms with van der Waals surface area (Å²) in [6.07, 6.45) is 7.00. The third-order valence-corrected chi connectivity index (χ3v) is 3.18. The van der Waals surface area contributed by atoms with Crippen molar-refractivity contribution in [3.05, 3.63) is 54.1 Å². The average molecular weight is 243 g/mol. The predicted octanol–water partition coefficient (Wildman–Crippen LogP) is 3.14. The van der Waals surface area contributed by atoms with Crippen LogP contribution in [0.15, 0.2) is 42.9 Å². The van der Waals surface area contributed by atoms with Crippen molar-refractivity contribution in [1.29, 1.82) is 0 Å². The average Bonchev–Trinajstić information content (AvgIpc) is 2.85. The summed E-state index contributed by atoms with van der Waals surface area (Å²) in [6.45, 7) is 6.38. The molecule has 2 aromatic rings. The van der Waals surface area contributed by atoms with Gasteiger partial charge in [0.2, 0.25) is 0 Å². The smallest absolute Gasteiger partial charge is 0.0364 e. The second kappa shape index (κ2) is 6.36. The molecule has 18 heavy (non-hydrogen) atoms. The van der Waals surface area contributed by atoms with E-state index in [2.05, 4.69) is 59.2 Å². The maximum absolute atomic E-state index is 4.04. The van der Waals surface area contributed by atoms with Gasteiger partial charge in [0.1, 0.15) is 0 Å². The van der Waals surface area contributed by atoms with Crippen molar-refractivity contribution < 1.29 is 0 Å². The van der Waals surface area contributed by atoms with Gasteiger partial charge < -0.3 is 9.88 Å². The molecule has 1 N–H and O–H groups in total. The summed E-state index contributed by atoms with van der Waals surface area (Å²) in [4.78, 5) is 4.04. The summed E-state index contributed by atoms with van der Waals surface area (Å²) in [5.41, 5.74) is 2.62. The van der Waals surface area contributed by atoms with Crippen molar-refractivity contribution in [2.75, 3.05) is 0 Å². The van der Waals surface area contributed by atoms with Crippen molar-refractivity contribution in [3.8, 4) is 0 Å².